The fourth-order valence-corrected chi connectivity index (χ4v) is 2.71. The van der Waals surface area contributed by atoms with Crippen LogP contribution in [0.3, 0.4) is 0 Å². The van der Waals surface area contributed by atoms with Crippen LogP contribution >= 0.6 is 0 Å². The van der Waals surface area contributed by atoms with Crippen LogP contribution in [0.4, 0.5) is 0 Å². The van der Waals surface area contributed by atoms with E-state index in [1.165, 1.54) is 36.9 Å². The third-order valence-corrected chi connectivity index (χ3v) is 4.80. The molecule has 1 aromatic heterocycles. The van der Waals surface area contributed by atoms with Gasteiger partial charge in [0.05, 0.1) is 11.7 Å². The van der Waals surface area contributed by atoms with E-state index in [2.05, 4.69) is 56.0 Å². The molecule has 114 valence electrons. The van der Waals surface area contributed by atoms with Gasteiger partial charge in [-0.25, -0.2) is 0 Å². The summed E-state index contributed by atoms with van der Waals surface area (Å²) in [6.45, 7) is 8.53. The van der Waals surface area contributed by atoms with Gasteiger partial charge in [0.2, 0.25) is 0 Å². The van der Waals surface area contributed by atoms with E-state index in [0.717, 1.165) is 13.1 Å². The van der Waals surface area contributed by atoms with Gasteiger partial charge in [0.15, 0.2) is 0 Å². The second kappa shape index (κ2) is 6.27. The summed E-state index contributed by atoms with van der Waals surface area (Å²) in [5.74, 6) is 0. The van der Waals surface area contributed by atoms with Crippen molar-refractivity contribution in [2.75, 3.05) is 20.6 Å². The van der Waals surface area contributed by atoms with E-state index in [1.807, 2.05) is 0 Å². The normalized spacial score (nSPS) is 17.3. The van der Waals surface area contributed by atoms with Crippen LogP contribution in [-0.4, -0.2) is 40.9 Å². The van der Waals surface area contributed by atoms with Gasteiger partial charge in [0.1, 0.15) is 0 Å². The molecule has 0 amide bonds. The fourth-order valence-electron chi connectivity index (χ4n) is 2.71. The lowest BCUT2D eigenvalue weighted by Crippen LogP contribution is -2.46. The summed E-state index contributed by atoms with van der Waals surface area (Å²) in [6, 6.07) is 0.640. The molecule has 0 atom stereocenters. The molecule has 4 nitrogen and oxygen atoms in total. The van der Waals surface area contributed by atoms with Crippen molar-refractivity contribution in [2.24, 2.45) is 0 Å². The van der Waals surface area contributed by atoms with Gasteiger partial charge in [-0.1, -0.05) is 12.8 Å². The highest BCUT2D eigenvalue weighted by Crippen LogP contribution is 2.29. The van der Waals surface area contributed by atoms with Crippen LogP contribution in [0.5, 0.6) is 0 Å². The molecule has 0 spiro atoms. The molecular weight excluding hydrogens is 248 g/mol. The third kappa shape index (κ3) is 3.61. The van der Waals surface area contributed by atoms with Gasteiger partial charge in [0, 0.05) is 30.4 Å². The van der Waals surface area contributed by atoms with Crippen molar-refractivity contribution in [1.82, 2.24) is 20.0 Å². The zero-order valence-electron chi connectivity index (χ0n) is 13.7. The summed E-state index contributed by atoms with van der Waals surface area (Å²) < 4.78 is 2.20. The van der Waals surface area contributed by atoms with Crippen LogP contribution in [0.15, 0.2) is 6.20 Å². The van der Waals surface area contributed by atoms with E-state index in [-0.39, 0.29) is 5.54 Å². The molecule has 0 aromatic carbocycles. The van der Waals surface area contributed by atoms with Gasteiger partial charge >= 0.3 is 0 Å². The predicted molar refractivity (Wildman–Crippen MR) is 83.9 cm³/mol. The number of hydrogen-bond acceptors (Lipinski definition) is 3. The molecule has 1 aromatic rings. The molecule has 1 N–H and O–H groups in total. The molecule has 4 heteroatoms. The second-order valence-electron chi connectivity index (χ2n) is 6.97. The van der Waals surface area contributed by atoms with Crippen molar-refractivity contribution in [3.05, 3.63) is 17.5 Å². The number of rotatable bonds is 6. The van der Waals surface area contributed by atoms with E-state index >= 15 is 0 Å². The standard InChI is InChI=1S/C16H30N4/c1-13-14(10-17-12-16(2,3)19(4)5)11-20(18-13)15-8-6-7-9-15/h11,15,17H,6-10,12H2,1-5H3. The Bertz CT molecular complexity index is 428. The average Bonchev–Trinajstić information content (AvgIpc) is 2.99. The van der Waals surface area contributed by atoms with Gasteiger partial charge in [-0.15, -0.1) is 0 Å². The number of aromatic nitrogens is 2. The lowest BCUT2D eigenvalue weighted by atomic mass is 10.0. The Labute approximate surface area is 123 Å². The monoisotopic (exact) mass is 278 g/mol. The Kier molecular flexibility index (Phi) is 4.86. The molecule has 0 aliphatic heterocycles. The SMILES string of the molecule is Cc1nn(C2CCCC2)cc1CNCC(C)(C)N(C)C. The van der Waals surface area contributed by atoms with Crippen molar-refractivity contribution in [2.45, 2.75) is 64.6 Å². The van der Waals surface area contributed by atoms with Gasteiger partial charge in [-0.05, 0) is 47.7 Å². The maximum absolute atomic E-state index is 4.71. The van der Waals surface area contributed by atoms with Crippen LogP contribution in [0.1, 0.15) is 56.8 Å². The maximum atomic E-state index is 4.71. The van der Waals surface area contributed by atoms with Gasteiger partial charge in [-0.2, -0.15) is 5.10 Å². The number of hydrogen-bond donors (Lipinski definition) is 1. The van der Waals surface area contributed by atoms with E-state index < -0.39 is 0 Å². The summed E-state index contributed by atoms with van der Waals surface area (Å²) in [7, 11) is 4.26. The van der Waals surface area contributed by atoms with Crippen LogP contribution < -0.4 is 5.32 Å². The van der Waals surface area contributed by atoms with Crippen molar-refractivity contribution in [1.29, 1.82) is 0 Å². The molecule has 1 aliphatic carbocycles. The Morgan fingerprint density at radius 1 is 1.35 bits per heavy atom. The van der Waals surface area contributed by atoms with Gasteiger partial charge < -0.3 is 10.2 Å². The highest BCUT2D eigenvalue weighted by molar-refractivity contribution is 5.15. The summed E-state index contributed by atoms with van der Waals surface area (Å²) in [6.07, 6.45) is 7.55. The highest BCUT2D eigenvalue weighted by Gasteiger charge is 2.21. The molecule has 0 unspecified atom stereocenters. The minimum Gasteiger partial charge on any atom is -0.311 e. The molecule has 0 radical (unpaired) electrons. The lowest BCUT2D eigenvalue weighted by molar-refractivity contribution is 0.189. The number of aryl methyl sites for hydroxylation is 1. The highest BCUT2D eigenvalue weighted by atomic mass is 15.3. The molecule has 1 saturated carbocycles. The number of nitrogens with zero attached hydrogens (tertiary/aromatic N) is 3. The minimum absolute atomic E-state index is 0.176. The first-order valence-electron chi connectivity index (χ1n) is 7.83. The van der Waals surface area contributed by atoms with Crippen molar-refractivity contribution in [3.63, 3.8) is 0 Å². The predicted octanol–water partition coefficient (Wildman–Crippen LogP) is 2.74. The van der Waals surface area contributed by atoms with E-state index in [4.69, 9.17) is 5.10 Å². The Hall–Kier alpha value is -0.870. The second-order valence-corrected chi connectivity index (χ2v) is 6.97. The molecule has 20 heavy (non-hydrogen) atoms. The van der Waals surface area contributed by atoms with Crippen LogP contribution in [0, 0.1) is 6.92 Å². The molecule has 0 bridgehead atoms. The number of likely N-dealkylation sites (N-methyl/N-ethyl adjacent to an activating group) is 1. The number of nitrogens with one attached hydrogen (secondary N) is 1. The molecule has 0 saturated heterocycles. The van der Waals surface area contributed by atoms with E-state index in [9.17, 15) is 0 Å². The molecule has 2 rings (SSSR count). The third-order valence-electron chi connectivity index (χ3n) is 4.80. The molecule has 1 aliphatic rings. The summed E-state index contributed by atoms with van der Waals surface area (Å²) in [5.41, 5.74) is 2.69. The van der Waals surface area contributed by atoms with Crippen LogP contribution in [0.2, 0.25) is 0 Å². The molecule has 1 fully saturated rings. The average molecular weight is 278 g/mol. The summed E-state index contributed by atoms with van der Waals surface area (Å²) in [5, 5.41) is 8.28. The topological polar surface area (TPSA) is 33.1 Å². The first-order chi connectivity index (χ1) is 9.40. The molecular formula is C16H30N4. The van der Waals surface area contributed by atoms with Crippen LogP contribution in [-0.2, 0) is 6.54 Å². The quantitative estimate of drug-likeness (QED) is 0.868. The fraction of sp³-hybridized carbons (Fsp3) is 0.812. The van der Waals surface area contributed by atoms with Crippen LogP contribution in [0.25, 0.3) is 0 Å². The Morgan fingerprint density at radius 2 is 2.00 bits per heavy atom. The van der Waals surface area contributed by atoms with Crippen molar-refractivity contribution in [3.8, 4) is 0 Å². The first kappa shape index (κ1) is 15.5. The summed E-state index contributed by atoms with van der Waals surface area (Å²) in [4.78, 5) is 2.26. The van der Waals surface area contributed by atoms with Crippen molar-refractivity contribution >= 4 is 0 Å². The maximum Gasteiger partial charge on any atom is 0.0638 e. The lowest BCUT2D eigenvalue weighted by Gasteiger charge is -2.32. The van der Waals surface area contributed by atoms with Gasteiger partial charge in [-0.3, -0.25) is 4.68 Å². The zero-order chi connectivity index (χ0) is 14.8. The first-order valence-corrected chi connectivity index (χ1v) is 7.83. The largest absolute Gasteiger partial charge is 0.311 e. The van der Waals surface area contributed by atoms with Crippen molar-refractivity contribution < 1.29 is 0 Å². The van der Waals surface area contributed by atoms with E-state index in [0.29, 0.717) is 6.04 Å². The molecule has 1 heterocycles. The minimum atomic E-state index is 0.176. The zero-order valence-corrected chi connectivity index (χ0v) is 13.7. The van der Waals surface area contributed by atoms with E-state index in [1.54, 1.807) is 0 Å². The smallest absolute Gasteiger partial charge is 0.0638 e. The van der Waals surface area contributed by atoms with Gasteiger partial charge in [0.25, 0.3) is 0 Å². The Morgan fingerprint density at radius 3 is 2.60 bits per heavy atom. The Balaban J connectivity index is 1.90. The summed E-state index contributed by atoms with van der Waals surface area (Å²) >= 11 is 0.